The third kappa shape index (κ3) is 3.29. The Labute approximate surface area is 131 Å². The second-order valence-corrected chi connectivity index (χ2v) is 5.45. The number of aryl methyl sites for hydroxylation is 1. The summed E-state index contributed by atoms with van der Waals surface area (Å²) in [5.41, 5.74) is 1.18. The number of nitrogens with zero attached hydrogens (tertiary/aromatic N) is 2. The van der Waals surface area contributed by atoms with Gasteiger partial charge in [-0.1, -0.05) is 12.1 Å². The number of carbonyl (C=O) groups excluding carboxylic acids is 1. The smallest absolute Gasteiger partial charge is 0.264 e. The van der Waals surface area contributed by atoms with Crippen LogP contribution in [0.4, 0.5) is 4.39 Å². The molecule has 0 saturated carbocycles. The van der Waals surface area contributed by atoms with Crippen LogP contribution in [-0.2, 0) is 4.74 Å². The molecule has 1 aliphatic heterocycles. The molecule has 2 aromatic rings. The Morgan fingerprint density at radius 3 is 3.00 bits per heavy atom. The zero-order chi connectivity index (χ0) is 16.4. The minimum Gasteiger partial charge on any atom is -0.370 e. The molecule has 1 atom stereocenters. The Balaban J connectivity index is 1.79. The fourth-order valence-electron chi connectivity index (χ4n) is 2.58. The standard InChI is InChI=1S/C16H16FN3O3/c1-10-6-11(2-3-13(10)17)14-9-20(4-5-23-14)16(22)12-7-15(21)19-18-8-12/h2-3,6-8,14H,4-5,9H2,1H3,(H,19,21). The summed E-state index contributed by atoms with van der Waals surface area (Å²) in [7, 11) is 0. The molecule has 6 nitrogen and oxygen atoms in total. The quantitative estimate of drug-likeness (QED) is 0.909. The van der Waals surface area contributed by atoms with Crippen molar-refractivity contribution >= 4 is 5.91 Å². The first-order chi connectivity index (χ1) is 11.0. The molecule has 1 amide bonds. The van der Waals surface area contributed by atoms with Crippen LogP contribution in [0.2, 0.25) is 0 Å². The van der Waals surface area contributed by atoms with Crippen LogP contribution in [0.5, 0.6) is 0 Å². The molecule has 0 aliphatic carbocycles. The molecule has 0 bridgehead atoms. The van der Waals surface area contributed by atoms with Crippen LogP contribution in [0, 0.1) is 12.7 Å². The van der Waals surface area contributed by atoms with E-state index in [1.807, 2.05) is 0 Å². The van der Waals surface area contributed by atoms with E-state index in [0.717, 1.165) is 5.56 Å². The molecule has 1 aliphatic rings. The second kappa shape index (κ2) is 6.29. The highest BCUT2D eigenvalue weighted by atomic mass is 19.1. The van der Waals surface area contributed by atoms with Gasteiger partial charge in [-0.3, -0.25) is 9.59 Å². The van der Waals surface area contributed by atoms with Gasteiger partial charge in [0.25, 0.3) is 11.5 Å². The zero-order valence-electron chi connectivity index (χ0n) is 12.6. The van der Waals surface area contributed by atoms with Crippen molar-refractivity contribution in [3.8, 4) is 0 Å². The molecule has 120 valence electrons. The molecule has 1 aromatic heterocycles. The molecule has 1 fully saturated rings. The van der Waals surface area contributed by atoms with E-state index in [1.54, 1.807) is 24.0 Å². The summed E-state index contributed by atoms with van der Waals surface area (Å²) >= 11 is 0. The molecular formula is C16H16FN3O3. The fourth-order valence-corrected chi connectivity index (χ4v) is 2.58. The maximum atomic E-state index is 13.4. The number of halogens is 1. The normalized spacial score (nSPS) is 18.0. The van der Waals surface area contributed by atoms with Crippen LogP contribution < -0.4 is 5.56 Å². The maximum Gasteiger partial charge on any atom is 0.264 e. The lowest BCUT2D eigenvalue weighted by atomic mass is 10.0. The van der Waals surface area contributed by atoms with Gasteiger partial charge in [0.15, 0.2) is 0 Å². The number of nitrogens with one attached hydrogen (secondary N) is 1. The van der Waals surface area contributed by atoms with Gasteiger partial charge in [-0.15, -0.1) is 0 Å². The van der Waals surface area contributed by atoms with Gasteiger partial charge < -0.3 is 9.64 Å². The largest absolute Gasteiger partial charge is 0.370 e. The lowest BCUT2D eigenvalue weighted by Gasteiger charge is -2.33. The van der Waals surface area contributed by atoms with E-state index < -0.39 is 5.56 Å². The summed E-state index contributed by atoms with van der Waals surface area (Å²) in [6.07, 6.45) is 1.01. The summed E-state index contributed by atoms with van der Waals surface area (Å²) in [4.78, 5) is 25.4. The molecule has 1 unspecified atom stereocenters. The maximum absolute atomic E-state index is 13.4. The highest BCUT2D eigenvalue weighted by Gasteiger charge is 2.26. The second-order valence-electron chi connectivity index (χ2n) is 5.45. The number of rotatable bonds is 2. The van der Waals surface area contributed by atoms with Gasteiger partial charge in [-0.2, -0.15) is 5.10 Å². The number of morpholine rings is 1. The summed E-state index contributed by atoms with van der Waals surface area (Å²) in [6, 6.07) is 6.01. The zero-order valence-corrected chi connectivity index (χ0v) is 12.6. The molecule has 1 aromatic carbocycles. The SMILES string of the molecule is Cc1cc(C2CN(C(=O)c3cn[nH]c(=O)c3)CCO2)ccc1F. The van der Waals surface area contributed by atoms with Crippen molar-refractivity contribution in [3.05, 3.63) is 63.3 Å². The summed E-state index contributed by atoms with van der Waals surface area (Å²) in [5, 5.41) is 5.88. The molecule has 3 rings (SSSR count). The van der Waals surface area contributed by atoms with Gasteiger partial charge >= 0.3 is 0 Å². The first-order valence-corrected chi connectivity index (χ1v) is 7.26. The third-order valence-corrected chi connectivity index (χ3v) is 3.82. The van der Waals surface area contributed by atoms with Crippen molar-refractivity contribution in [3.63, 3.8) is 0 Å². The minimum atomic E-state index is -0.421. The van der Waals surface area contributed by atoms with Crippen LogP contribution in [0.15, 0.2) is 35.3 Å². The number of benzene rings is 1. The summed E-state index contributed by atoms with van der Waals surface area (Å²) in [6.45, 7) is 2.84. The van der Waals surface area contributed by atoms with Crippen molar-refractivity contribution in [2.45, 2.75) is 13.0 Å². The molecule has 0 spiro atoms. The minimum absolute atomic E-state index is 0.240. The van der Waals surface area contributed by atoms with E-state index >= 15 is 0 Å². The highest BCUT2D eigenvalue weighted by molar-refractivity contribution is 5.93. The van der Waals surface area contributed by atoms with E-state index in [1.165, 1.54) is 18.3 Å². The van der Waals surface area contributed by atoms with Crippen molar-refractivity contribution in [2.75, 3.05) is 19.7 Å². The first kappa shape index (κ1) is 15.4. The number of carbonyl (C=O) groups is 1. The Bertz CT molecular complexity index is 790. The average molecular weight is 317 g/mol. The Hall–Kier alpha value is -2.54. The molecular weight excluding hydrogens is 301 g/mol. The van der Waals surface area contributed by atoms with Gasteiger partial charge in [0.05, 0.1) is 24.9 Å². The lowest BCUT2D eigenvalue weighted by molar-refractivity contribution is -0.0229. The van der Waals surface area contributed by atoms with Crippen LogP contribution in [0.3, 0.4) is 0 Å². The van der Waals surface area contributed by atoms with Gasteiger partial charge in [0, 0.05) is 12.6 Å². The van der Waals surface area contributed by atoms with E-state index in [4.69, 9.17) is 4.74 Å². The summed E-state index contributed by atoms with van der Waals surface area (Å²) in [5.74, 6) is -0.539. The number of hydrogen-bond acceptors (Lipinski definition) is 4. The monoisotopic (exact) mass is 317 g/mol. The predicted octanol–water partition coefficient (Wildman–Crippen LogP) is 1.43. The number of aromatic nitrogens is 2. The number of ether oxygens (including phenoxy) is 1. The van der Waals surface area contributed by atoms with Crippen molar-refractivity contribution in [2.24, 2.45) is 0 Å². The van der Waals surface area contributed by atoms with Crippen LogP contribution in [-0.4, -0.2) is 40.7 Å². The molecule has 2 heterocycles. The predicted molar refractivity (Wildman–Crippen MR) is 80.6 cm³/mol. The van der Waals surface area contributed by atoms with E-state index in [9.17, 15) is 14.0 Å². The number of H-pyrrole nitrogens is 1. The van der Waals surface area contributed by atoms with Crippen LogP contribution in [0.1, 0.15) is 27.6 Å². The van der Waals surface area contributed by atoms with E-state index in [0.29, 0.717) is 25.3 Å². The van der Waals surface area contributed by atoms with Crippen molar-refractivity contribution < 1.29 is 13.9 Å². The van der Waals surface area contributed by atoms with Crippen LogP contribution >= 0.6 is 0 Å². The third-order valence-electron chi connectivity index (χ3n) is 3.82. The van der Waals surface area contributed by atoms with Gasteiger partial charge in [0.2, 0.25) is 0 Å². The first-order valence-electron chi connectivity index (χ1n) is 7.26. The number of aromatic amines is 1. The fraction of sp³-hybridized carbons (Fsp3) is 0.312. The average Bonchev–Trinajstić information content (AvgIpc) is 2.57. The Morgan fingerprint density at radius 1 is 1.43 bits per heavy atom. The molecule has 1 saturated heterocycles. The van der Waals surface area contributed by atoms with Gasteiger partial charge in [-0.05, 0) is 24.1 Å². The van der Waals surface area contributed by atoms with E-state index in [2.05, 4.69) is 10.2 Å². The number of amides is 1. The van der Waals surface area contributed by atoms with Gasteiger partial charge in [0.1, 0.15) is 11.9 Å². The molecule has 1 N–H and O–H groups in total. The lowest BCUT2D eigenvalue weighted by Crippen LogP contribution is -2.42. The molecule has 23 heavy (non-hydrogen) atoms. The summed E-state index contributed by atoms with van der Waals surface area (Å²) < 4.78 is 19.1. The van der Waals surface area contributed by atoms with Gasteiger partial charge in [-0.25, -0.2) is 9.49 Å². The molecule has 7 heteroatoms. The van der Waals surface area contributed by atoms with E-state index in [-0.39, 0.29) is 23.4 Å². The Kier molecular flexibility index (Phi) is 4.20. The van der Waals surface area contributed by atoms with Crippen molar-refractivity contribution in [1.29, 1.82) is 0 Å². The highest BCUT2D eigenvalue weighted by Crippen LogP contribution is 2.24. The molecule has 0 radical (unpaired) electrons. The van der Waals surface area contributed by atoms with Crippen LogP contribution in [0.25, 0.3) is 0 Å². The Morgan fingerprint density at radius 2 is 2.26 bits per heavy atom. The van der Waals surface area contributed by atoms with Crippen molar-refractivity contribution in [1.82, 2.24) is 15.1 Å². The number of hydrogen-bond donors (Lipinski definition) is 1. The topological polar surface area (TPSA) is 75.3 Å².